The molecule has 0 aliphatic carbocycles. The van der Waals surface area contributed by atoms with E-state index in [0.29, 0.717) is 25.0 Å². The van der Waals surface area contributed by atoms with E-state index < -0.39 is 0 Å². The lowest BCUT2D eigenvalue weighted by Gasteiger charge is -2.40. The number of ether oxygens (including phenoxy) is 2. The van der Waals surface area contributed by atoms with E-state index in [0.717, 1.165) is 89.4 Å². The Balaban J connectivity index is 1.03. The number of piperidine rings is 1. The Labute approximate surface area is 264 Å². The molecule has 0 amide bonds. The highest BCUT2D eigenvalue weighted by Gasteiger charge is 2.40. The highest BCUT2D eigenvalue weighted by molar-refractivity contribution is 5.69. The van der Waals surface area contributed by atoms with Crippen LogP contribution in [0.25, 0.3) is 0 Å². The van der Waals surface area contributed by atoms with Crippen molar-refractivity contribution in [2.45, 2.75) is 72.0 Å². The molecule has 2 aromatic heterocycles. The van der Waals surface area contributed by atoms with Crippen LogP contribution in [0.5, 0.6) is 0 Å². The molecule has 0 bridgehead atoms. The summed E-state index contributed by atoms with van der Waals surface area (Å²) in [7, 11) is 0. The van der Waals surface area contributed by atoms with Crippen LogP contribution in [0, 0.1) is 11.3 Å². The first kappa shape index (κ1) is 33.1. The van der Waals surface area contributed by atoms with Crippen LogP contribution in [0.1, 0.15) is 64.0 Å². The molecule has 3 fully saturated rings. The van der Waals surface area contributed by atoms with Crippen molar-refractivity contribution in [3.05, 3.63) is 36.4 Å². The maximum atomic E-state index is 12.4. The summed E-state index contributed by atoms with van der Waals surface area (Å²) in [4.78, 5) is 34.8. The number of aryl methyl sites for hydroxylation is 1. The van der Waals surface area contributed by atoms with Gasteiger partial charge in [-0.1, -0.05) is 13.8 Å². The summed E-state index contributed by atoms with van der Waals surface area (Å²) in [5.74, 6) is 2.63. The number of rotatable bonds is 17. The zero-order chi connectivity index (χ0) is 30.6. The van der Waals surface area contributed by atoms with Crippen LogP contribution in [0.15, 0.2) is 24.8 Å². The molecule has 5 rings (SSSR count). The van der Waals surface area contributed by atoms with Crippen molar-refractivity contribution in [1.29, 1.82) is 0 Å². The fraction of sp³-hybridized carbons (Fsp3) is 0.788. The zero-order valence-corrected chi connectivity index (χ0v) is 27.3. The van der Waals surface area contributed by atoms with Crippen molar-refractivity contribution in [2.24, 2.45) is 11.3 Å². The molecule has 3 aliphatic rings. The van der Waals surface area contributed by atoms with Gasteiger partial charge in [0.1, 0.15) is 18.3 Å². The zero-order valence-electron chi connectivity index (χ0n) is 27.3. The van der Waals surface area contributed by atoms with Crippen molar-refractivity contribution in [3.63, 3.8) is 0 Å². The lowest BCUT2D eigenvalue weighted by Crippen LogP contribution is -2.42. The Bertz CT molecular complexity index is 1090. The van der Waals surface area contributed by atoms with Crippen molar-refractivity contribution in [3.8, 4) is 0 Å². The molecule has 11 nitrogen and oxygen atoms in total. The molecule has 3 aliphatic heterocycles. The largest absolute Gasteiger partial charge is 0.464 e. The number of likely N-dealkylation sites (tertiary alicyclic amines) is 2. The third kappa shape index (κ3) is 10.4. The van der Waals surface area contributed by atoms with Gasteiger partial charge < -0.3 is 28.8 Å². The van der Waals surface area contributed by atoms with Crippen LogP contribution in [0.2, 0.25) is 0 Å². The normalized spacial score (nSPS) is 19.9. The van der Waals surface area contributed by atoms with E-state index in [9.17, 15) is 4.79 Å². The van der Waals surface area contributed by atoms with Gasteiger partial charge in [0.15, 0.2) is 0 Å². The summed E-state index contributed by atoms with van der Waals surface area (Å²) in [5.41, 5.74) is 0.551. The Hall–Kier alpha value is -2.31. The highest BCUT2D eigenvalue weighted by atomic mass is 16.5. The lowest BCUT2D eigenvalue weighted by molar-refractivity contribution is -0.144. The number of carbonyl (C=O) groups is 1. The van der Waals surface area contributed by atoms with Gasteiger partial charge in [0.05, 0.1) is 26.3 Å². The van der Waals surface area contributed by atoms with Crippen LogP contribution >= 0.6 is 0 Å². The number of nitrogens with zero attached hydrogens (tertiary/aromatic N) is 7. The van der Waals surface area contributed by atoms with Crippen LogP contribution < -0.4 is 0 Å². The monoisotopic (exact) mass is 612 g/mol. The third-order valence-electron chi connectivity index (χ3n) is 9.66. The smallest absolute Gasteiger partial charge is 0.305 e. The number of hydrogen-bond acceptors (Lipinski definition) is 9. The van der Waals surface area contributed by atoms with Gasteiger partial charge in [-0.2, -0.15) is 0 Å². The molecule has 44 heavy (non-hydrogen) atoms. The topological polar surface area (TPSA) is 95.0 Å². The first-order valence-corrected chi connectivity index (χ1v) is 17.1. The summed E-state index contributed by atoms with van der Waals surface area (Å²) < 4.78 is 13.2. The number of esters is 1. The minimum Gasteiger partial charge on any atom is -0.464 e. The van der Waals surface area contributed by atoms with Crippen molar-refractivity contribution in [2.75, 3.05) is 85.3 Å². The first-order chi connectivity index (χ1) is 21.5. The second-order valence-corrected chi connectivity index (χ2v) is 13.6. The van der Waals surface area contributed by atoms with E-state index in [2.05, 4.69) is 54.2 Å². The number of aromatic amines is 1. The van der Waals surface area contributed by atoms with E-state index in [1.807, 2.05) is 12.4 Å². The van der Waals surface area contributed by atoms with Crippen LogP contribution in [0.4, 0.5) is 0 Å². The van der Waals surface area contributed by atoms with Gasteiger partial charge in [-0.05, 0) is 76.2 Å². The molecule has 0 atom stereocenters. The first-order valence-electron chi connectivity index (χ1n) is 17.1. The fourth-order valence-corrected chi connectivity index (χ4v) is 7.16. The van der Waals surface area contributed by atoms with Crippen LogP contribution in [0.3, 0.4) is 0 Å². The maximum Gasteiger partial charge on any atom is 0.305 e. The van der Waals surface area contributed by atoms with Gasteiger partial charge in [-0.3, -0.25) is 14.6 Å². The van der Waals surface area contributed by atoms with E-state index in [4.69, 9.17) is 14.5 Å². The Morgan fingerprint density at radius 1 is 0.977 bits per heavy atom. The fourth-order valence-electron chi connectivity index (χ4n) is 7.16. The van der Waals surface area contributed by atoms with Crippen molar-refractivity contribution < 1.29 is 14.3 Å². The number of H-pyrrole nitrogens is 1. The second-order valence-electron chi connectivity index (χ2n) is 13.6. The molecule has 5 heterocycles. The predicted molar refractivity (Wildman–Crippen MR) is 171 cm³/mol. The SMILES string of the molecule is CC(C)CN1CCC2(CC1)CCN(CCCn1ccnc1CN(CCCC(=O)OCCN1CCOCC1)Cc1ncc[nH]1)C2. The molecule has 2 aromatic rings. The van der Waals surface area contributed by atoms with Crippen LogP contribution in [-0.2, 0) is 33.9 Å². The van der Waals surface area contributed by atoms with E-state index in [1.165, 1.54) is 52.0 Å². The maximum absolute atomic E-state index is 12.4. The summed E-state index contributed by atoms with van der Waals surface area (Å²) in [5, 5.41) is 0. The van der Waals surface area contributed by atoms with Gasteiger partial charge in [-0.15, -0.1) is 0 Å². The molecule has 11 heteroatoms. The van der Waals surface area contributed by atoms with E-state index in [1.54, 1.807) is 6.20 Å². The third-order valence-corrected chi connectivity index (χ3v) is 9.66. The average molecular weight is 613 g/mol. The van der Waals surface area contributed by atoms with Crippen molar-refractivity contribution >= 4 is 5.97 Å². The van der Waals surface area contributed by atoms with Crippen molar-refractivity contribution in [1.82, 2.24) is 39.1 Å². The van der Waals surface area contributed by atoms with Gasteiger partial charge in [0.25, 0.3) is 0 Å². The number of morpholine rings is 1. The van der Waals surface area contributed by atoms with Gasteiger partial charge in [0.2, 0.25) is 0 Å². The van der Waals surface area contributed by atoms with E-state index in [-0.39, 0.29) is 5.97 Å². The van der Waals surface area contributed by atoms with Gasteiger partial charge >= 0.3 is 5.97 Å². The quantitative estimate of drug-likeness (QED) is 0.271. The molecule has 0 unspecified atom stereocenters. The lowest BCUT2D eigenvalue weighted by atomic mass is 9.77. The molecule has 3 saturated heterocycles. The Kier molecular flexibility index (Phi) is 12.7. The number of carbonyl (C=O) groups excluding carboxylic acids is 1. The molecule has 1 spiro atoms. The summed E-state index contributed by atoms with van der Waals surface area (Å²) in [6.07, 6.45) is 14.1. The Morgan fingerprint density at radius 3 is 2.52 bits per heavy atom. The average Bonchev–Trinajstić information content (AvgIpc) is 3.78. The number of nitrogens with one attached hydrogen (secondary N) is 1. The minimum atomic E-state index is -0.123. The predicted octanol–water partition coefficient (Wildman–Crippen LogP) is 3.10. The van der Waals surface area contributed by atoms with Gasteiger partial charge in [0, 0.05) is 70.5 Å². The number of hydrogen-bond donors (Lipinski definition) is 1. The summed E-state index contributed by atoms with van der Waals surface area (Å²) in [6.45, 7) is 19.8. The summed E-state index contributed by atoms with van der Waals surface area (Å²) >= 11 is 0. The highest BCUT2D eigenvalue weighted by Crippen LogP contribution is 2.40. The molecule has 0 radical (unpaired) electrons. The molecule has 0 saturated carbocycles. The number of imidazole rings is 2. The van der Waals surface area contributed by atoms with E-state index >= 15 is 0 Å². The molecular formula is C33H56N8O3. The standard InChI is InChI=1S/C33H56N8O3/c1-29(2)25-38-15-6-33(7-16-38)8-17-39(28-33)13-4-14-41-18-11-36-31(41)27-40(26-30-34-9-10-35-30)12-3-5-32(42)44-24-21-37-19-22-43-23-20-37/h9-11,18,29H,3-8,12-17,19-28H2,1-2H3,(H,34,35). The summed E-state index contributed by atoms with van der Waals surface area (Å²) in [6, 6.07) is 0. The number of aromatic nitrogens is 4. The molecular weight excluding hydrogens is 556 g/mol. The van der Waals surface area contributed by atoms with Crippen LogP contribution in [-0.4, -0.2) is 130 Å². The molecule has 0 aromatic carbocycles. The Morgan fingerprint density at radius 2 is 1.77 bits per heavy atom. The minimum absolute atomic E-state index is 0.123. The second kappa shape index (κ2) is 16.8. The molecule has 1 N–H and O–H groups in total. The molecule has 246 valence electrons. The van der Waals surface area contributed by atoms with Gasteiger partial charge in [-0.25, -0.2) is 9.97 Å².